The Kier molecular flexibility index (Phi) is 3.39. The van der Waals surface area contributed by atoms with Gasteiger partial charge in [-0.3, -0.25) is 4.90 Å². The highest BCUT2D eigenvalue weighted by molar-refractivity contribution is 7.99. The highest BCUT2D eigenvalue weighted by Crippen LogP contribution is 2.45. The third kappa shape index (κ3) is 2.25. The molecule has 0 bridgehead atoms. The number of hydrogen-bond acceptors (Lipinski definition) is 6. The predicted molar refractivity (Wildman–Crippen MR) is 75.9 cm³/mol. The van der Waals surface area contributed by atoms with E-state index in [9.17, 15) is 4.79 Å². The molecule has 0 saturated carbocycles. The van der Waals surface area contributed by atoms with Gasteiger partial charge in [0.2, 0.25) is 0 Å². The number of nitrogens with zero attached hydrogens (tertiary/aromatic N) is 3. The second-order valence-corrected chi connectivity index (χ2v) is 4.99. The van der Waals surface area contributed by atoms with E-state index in [1.807, 2.05) is 29.2 Å². The maximum absolute atomic E-state index is 11.3. The number of para-hydroxylation sites is 1. The van der Waals surface area contributed by atoms with Crippen molar-refractivity contribution in [2.24, 2.45) is 0 Å². The molecule has 2 aromatic rings. The van der Waals surface area contributed by atoms with E-state index in [4.69, 9.17) is 0 Å². The minimum Gasteiger partial charge on any atom is -0.466 e. The first-order chi connectivity index (χ1) is 9.79. The van der Waals surface area contributed by atoms with Crippen LogP contribution in [0.1, 0.15) is 0 Å². The summed E-state index contributed by atoms with van der Waals surface area (Å²) in [6.45, 7) is 0. The zero-order valence-electron chi connectivity index (χ0n) is 10.7. The van der Waals surface area contributed by atoms with Crippen molar-refractivity contribution in [2.45, 2.75) is 9.92 Å². The van der Waals surface area contributed by atoms with Gasteiger partial charge in [0.1, 0.15) is 5.03 Å². The van der Waals surface area contributed by atoms with E-state index in [0.29, 0.717) is 5.82 Å². The monoisotopic (exact) mass is 285 g/mol. The van der Waals surface area contributed by atoms with Crippen molar-refractivity contribution in [3.05, 3.63) is 48.9 Å². The zero-order valence-corrected chi connectivity index (χ0v) is 11.5. The molecule has 1 aromatic heterocycles. The summed E-state index contributed by atoms with van der Waals surface area (Å²) in [6, 6.07) is 7.90. The van der Waals surface area contributed by atoms with Crippen LogP contribution in [-0.2, 0) is 9.53 Å². The number of carbonyl (C=O) groups excluding carboxylic acids is 1. The summed E-state index contributed by atoms with van der Waals surface area (Å²) in [5.74, 6) is 0.294. The van der Waals surface area contributed by atoms with Crippen LogP contribution in [0.2, 0.25) is 0 Å². The summed E-state index contributed by atoms with van der Waals surface area (Å²) < 4.78 is 4.62. The standard InChI is InChI=1S/C14H11N3O2S/c1-19-12(18)6-9-17-10-4-2-3-5-11(10)20-14-13(17)15-7-8-16-14/h2-9H,1H3/b9-6+. The van der Waals surface area contributed by atoms with Crippen LogP contribution < -0.4 is 4.90 Å². The molecule has 0 radical (unpaired) electrons. The van der Waals surface area contributed by atoms with Crippen LogP contribution in [0.4, 0.5) is 11.5 Å². The van der Waals surface area contributed by atoms with Gasteiger partial charge in [-0.2, -0.15) is 0 Å². The van der Waals surface area contributed by atoms with E-state index < -0.39 is 5.97 Å². The molecule has 1 aromatic carbocycles. The summed E-state index contributed by atoms with van der Waals surface area (Å²) in [7, 11) is 1.35. The van der Waals surface area contributed by atoms with Crippen LogP contribution in [0, 0.1) is 0 Å². The topological polar surface area (TPSA) is 55.3 Å². The van der Waals surface area contributed by atoms with E-state index >= 15 is 0 Å². The minimum atomic E-state index is -0.411. The summed E-state index contributed by atoms with van der Waals surface area (Å²) in [6.07, 6.45) is 6.30. The van der Waals surface area contributed by atoms with E-state index in [1.54, 1.807) is 30.4 Å². The van der Waals surface area contributed by atoms with Crippen molar-refractivity contribution in [1.29, 1.82) is 0 Å². The first-order valence-electron chi connectivity index (χ1n) is 5.93. The molecule has 100 valence electrons. The highest BCUT2D eigenvalue weighted by atomic mass is 32.2. The third-order valence-corrected chi connectivity index (χ3v) is 3.81. The van der Waals surface area contributed by atoms with E-state index in [1.165, 1.54) is 13.2 Å². The van der Waals surface area contributed by atoms with E-state index in [-0.39, 0.29) is 0 Å². The fourth-order valence-electron chi connectivity index (χ4n) is 1.87. The Labute approximate surface area is 120 Å². The van der Waals surface area contributed by atoms with Gasteiger partial charge >= 0.3 is 5.97 Å². The van der Waals surface area contributed by atoms with Crippen molar-refractivity contribution in [3.63, 3.8) is 0 Å². The first-order valence-corrected chi connectivity index (χ1v) is 6.74. The Morgan fingerprint density at radius 2 is 2.10 bits per heavy atom. The quantitative estimate of drug-likeness (QED) is 0.624. The molecule has 1 aliphatic heterocycles. The number of ether oxygens (including phenoxy) is 1. The van der Waals surface area contributed by atoms with Crippen molar-refractivity contribution in [2.75, 3.05) is 12.0 Å². The molecule has 6 heteroatoms. The van der Waals surface area contributed by atoms with Gasteiger partial charge in [-0.25, -0.2) is 14.8 Å². The van der Waals surface area contributed by atoms with Gasteiger partial charge in [-0.15, -0.1) is 0 Å². The summed E-state index contributed by atoms with van der Waals surface area (Å²) in [4.78, 5) is 22.9. The van der Waals surface area contributed by atoms with Crippen LogP contribution in [0.25, 0.3) is 0 Å². The number of esters is 1. The van der Waals surface area contributed by atoms with Gasteiger partial charge in [-0.1, -0.05) is 23.9 Å². The van der Waals surface area contributed by atoms with E-state index in [0.717, 1.165) is 15.6 Å². The molecular weight excluding hydrogens is 274 g/mol. The predicted octanol–water partition coefficient (Wildman–Crippen LogP) is 2.77. The lowest BCUT2D eigenvalue weighted by Crippen LogP contribution is -2.16. The lowest BCUT2D eigenvalue weighted by atomic mass is 10.3. The normalized spacial score (nSPS) is 12.9. The molecule has 0 saturated heterocycles. The fourth-order valence-corrected chi connectivity index (χ4v) is 2.85. The molecule has 0 spiro atoms. The van der Waals surface area contributed by atoms with Crippen molar-refractivity contribution >= 4 is 29.2 Å². The molecule has 0 N–H and O–H groups in total. The van der Waals surface area contributed by atoms with Crippen molar-refractivity contribution in [3.8, 4) is 0 Å². The molecule has 3 rings (SSSR count). The van der Waals surface area contributed by atoms with Crippen LogP contribution in [0.3, 0.4) is 0 Å². The average Bonchev–Trinajstić information content (AvgIpc) is 2.51. The number of hydrogen-bond donors (Lipinski definition) is 0. The molecule has 0 amide bonds. The van der Waals surface area contributed by atoms with Crippen molar-refractivity contribution < 1.29 is 9.53 Å². The lowest BCUT2D eigenvalue weighted by Gasteiger charge is -2.27. The Balaban J connectivity index is 2.08. The Bertz CT molecular complexity index is 642. The number of methoxy groups -OCH3 is 1. The second kappa shape index (κ2) is 5.34. The SMILES string of the molecule is COC(=O)/C=C/N1c2ccccc2Sc2nccnc21. The minimum absolute atomic E-state index is 0.411. The summed E-state index contributed by atoms with van der Waals surface area (Å²) in [5, 5.41) is 0.806. The molecule has 5 nitrogen and oxygen atoms in total. The number of fused-ring (bicyclic) bond motifs is 2. The first kappa shape index (κ1) is 12.7. The smallest absolute Gasteiger partial charge is 0.331 e. The zero-order chi connectivity index (χ0) is 13.9. The molecule has 2 heterocycles. The third-order valence-electron chi connectivity index (χ3n) is 2.77. The molecule has 1 aliphatic rings. The largest absolute Gasteiger partial charge is 0.466 e. The molecular formula is C14H11N3O2S. The maximum Gasteiger partial charge on any atom is 0.331 e. The molecule has 0 atom stereocenters. The second-order valence-electron chi connectivity index (χ2n) is 3.96. The number of rotatable bonds is 2. The molecule has 20 heavy (non-hydrogen) atoms. The average molecular weight is 285 g/mol. The molecule has 0 fully saturated rings. The van der Waals surface area contributed by atoms with Gasteiger partial charge in [0.25, 0.3) is 0 Å². The number of benzene rings is 1. The van der Waals surface area contributed by atoms with E-state index in [2.05, 4.69) is 14.7 Å². The molecule has 0 aliphatic carbocycles. The Morgan fingerprint density at radius 1 is 1.30 bits per heavy atom. The highest BCUT2D eigenvalue weighted by Gasteiger charge is 2.23. The van der Waals surface area contributed by atoms with Crippen LogP contribution in [-0.4, -0.2) is 23.0 Å². The van der Waals surface area contributed by atoms with Gasteiger partial charge in [0.05, 0.1) is 12.8 Å². The summed E-state index contributed by atoms with van der Waals surface area (Å²) in [5.41, 5.74) is 0.964. The molecule has 0 unspecified atom stereocenters. The van der Waals surface area contributed by atoms with Gasteiger partial charge < -0.3 is 4.74 Å². The number of aromatic nitrogens is 2. The van der Waals surface area contributed by atoms with Crippen LogP contribution in [0.5, 0.6) is 0 Å². The van der Waals surface area contributed by atoms with Gasteiger partial charge in [0.15, 0.2) is 5.82 Å². The van der Waals surface area contributed by atoms with Crippen LogP contribution in [0.15, 0.2) is 58.9 Å². The number of carbonyl (C=O) groups is 1. The van der Waals surface area contributed by atoms with Crippen molar-refractivity contribution in [1.82, 2.24) is 9.97 Å². The summed E-state index contributed by atoms with van der Waals surface area (Å²) >= 11 is 1.56. The Morgan fingerprint density at radius 3 is 2.95 bits per heavy atom. The van der Waals surface area contributed by atoms with Gasteiger partial charge in [0, 0.05) is 29.6 Å². The maximum atomic E-state index is 11.3. The van der Waals surface area contributed by atoms with Gasteiger partial charge in [-0.05, 0) is 12.1 Å². The Hall–Kier alpha value is -2.34. The fraction of sp³-hybridized carbons (Fsp3) is 0.0714. The van der Waals surface area contributed by atoms with Crippen LogP contribution >= 0.6 is 11.8 Å². The lowest BCUT2D eigenvalue weighted by molar-refractivity contribution is -0.134. The number of anilines is 2.